The highest BCUT2D eigenvalue weighted by Crippen LogP contribution is 2.19. The maximum absolute atomic E-state index is 4.32. The van der Waals surface area contributed by atoms with Gasteiger partial charge in [0.05, 0.1) is 15.9 Å². The van der Waals surface area contributed by atoms with Crippen LogP contribution in [0.25, 0.3) is 0 Å². The monoisotopic (exact) mass is 257 g/mol. The van der Waals surface area contributed by atoms with Gasteiger partial charge in [0.15, 0.2) is 0 Å². The second-order valence-electron chi connectivity index (χ2n) is 3.53. The van der Waals surface area contributed by atoms with Crippen molar-refractivity contribution < 1.29 is 0 Å². The molecule has 0 saturated carbocycles. The van der Waals surface area contributed by atoms with E-state index in [-0.39, 0.29) is 0 Å². The molecule has 0 unspecified atom stereocenters. The van der Waals surface area contributed by atoms with Gasteiger partial charge in [-0.1, -0.05) is 12.2 Å². The molecule has 0 amide bonds. The van der Waals surface area contributed by atoms with Gasteiger partial charge < -0.3 is 5.32 Å². The Bertz CT molecular complexity index is 341. The first-order chi connectivity index (χ1) is 6.52. The molecular formula is C10H16BrN3. The van der Waals surface area contributed by atoms with Crippen LogP contribution in [0.15, 0.2) is 16.6 Å². The van der Waals surface area contributed by atoms with E-state index in [1.54, 1.807) is 0 Å². The predicted molar refractivity (Wildman–Crippen MR) is 62.2 cm³/mol. The van der Waals surface area contributed by atoms with E-state index in [0.29, 0.717) is 0 Å². The zero-order valence-corrected chi connectivity index (χ0v) is 10.5. The van der Waals surface area contributed by atoms with Crippen molar-refractivity contribution in [2.45, 2.75) is 20.4 Å². The Kier molecular flexibility index (Phi) is 3.89. The summed E-state index contributed by atoms with van der Waals surface area (Å²) in [6.07, 6.45) is 0. The van der Waals surface area contributed by atoms with Gasteiger partial charge in [-0.15, -0.1) is 0 Å². The molecule has 1 aromatic heterocycles. The van der Waals surface area contributed by atoms with Crippen molar-refractivity contribution in [1.82, 2.24) is 15.1 Å². The molecule has 0 radical (unpaired) electrons. The fourth-order valence-corrected chi connectivity index (χ4v) is 1.74. The molecule has 0 atom stereocenters. The third kappa shape index (κ3) is 2.69. The predicted octanol–water partition coefficient (Wildman–Crippen LogP) is 2.16. The van der Waals surface area contributed by atoms with Crippen LogP contribution in [0.2, 0.25) is 0 Å². The minimum absolute atomic E-state index is 0.810. The van der Waals surface area contributed by atoms with Gasteiger partial charge in [-0.3, -0.25) is 4.68 Å². The Balaban J connectivity index is 2.62. The second kappa shape index (κ2) is 4.75. The lowest BCUT2D eigenvalue weighted by Gasteiger charge is -2.05. The first kappa shape index (κ1) is 11.5. The van der Waals surface area contributed by atoms with Crippen LogP contribution in [-0.2, 0) is 13.6 Å². The summed E-state index contributed by atoms with van der Waals surface area (Å²) < 4.78 is 2.99. The number of rotatable bonds is 4. The molecule has 0 fully saturated rings. The molecule has 0 aliphatic carbocycles. The molecule has 1 rings (SSSR count). The Hall–Kier alpha value is -0.610. The molecule has 0 aliphatic heterocycles. The van der Waals surface area contributed by atoms with E-state index in [1.165, 1.54) is 5.69 Å². The SMILES string of the molecule is C=C(C)CNCc1c(Br)c(C)nn1C. The summed E-state index contributed by atoms with van der Waals surface area (Å²) in [6.45, 7) is 9.50. The molecule has 14 heavy (non-hydrogen) atoms. The zero-order valence-electron chi connectivity index (χ0n) is 8.89. The summed E-state index contributed by atoms with van der Waals surface area (Å²) >= 11 is 3.52. The van der Waals surface area contributed by atoms with Crippen LogP contribution in [0.3, 0.4) is 0 Å². The molecule has 1 N–H and O–H groups in total. The van der Waals surface area contributed by atoms with Gasteiger partial charge in [0, 0.05) is 20.1 Å². The molecule has 0 saturated heterocycles. The molecule has 3 nitrogen and oxygen atoms in total. The quantitative estimate of drug-likeness (QED) is 0.839. The molecule has 4 heteroatoms. The average molecular weight is 258 g/mol. The maximum atomic E-state index is 4.32. The van der Waals surface area contributed by atoms with Gasteiger partial charge in [0.1, 0.15) is 0 Å². The van der Waals surface area contributed by atoms with E-state index in [0.717, 1.165) is 28.8 Å². The van der Waals surface area contributed by atoms with Gasteiger partial charge in [-0.2, -0.15) is 5.10 Å². The molecule has 1 aromatic rings. The first-order valence-electron chi connectivity index (χ1n) is 4.55. The number of aromatic nitrogens is 2. The minimum Gasteiger partial charge on any atom is -0.307 e. The molecule has 0 spiro atoms. The van der Waals surface area contributed by atoms with Crippen molar-refractivity contribution in [3.8, 4) is 0 Å². The smallest absolute Gasteiger partial charge is 0.0739 e. The van der Waals surface area contributed by atoms with Crippen LogP contribution in [0.4, 0.5) is 0 Å². The Morgan fingerprint density at radius 2 is 2.29 bits per heavy atom. The zero-order chi connectivity index (χ0) is 10.7. The van der Waals surface area contributed by atoms with Crippen molar-refractivity contribution in [3.05, 3.63) is 28.0 Å². The minimum atomic E-state index is 0.810. The van der Waals surface area contributed by atoms with Crippen LogP contribution >= 0.6 is 15.9 Å². The van der Waals surface area contributed by atoms with E-state index in [4.69, 9.17) is 0 Å². The summed E-state index contributed by atoms with van der Waals surface area (Å²) in [7, 11) is 1.95. The normalized spacial score (nSPS) is 10.6. The molecule has 78 valence electrons. The van der Waals surface area contributed by atoms with Crippen LogP contribution in [0, 0.1) is 6.92 Å². The van der Waals surface area contributed by atoms with Crippen LogP contribution in [0.5, 0.6) is 0 Å². The molecule has 0 aromatic carbocycles. The highest BCUT2D eigenvalue weighted by Gasteiger charge is 2.09. The Morgan fingerprint density at radius 3 is 2.71 bits per heavy atom. The van der Waals surface area contributed by atoms with E-state index in [9.17, 15) is 0 Å². The number of nitrogens with one attached hydrogen (secondary N) is 1. The van der Waals surface area contributed by atoms with Gasteiger partial charge in [0.25, 0.3) is 0 Å². The van der Waals surface area contributed by atoms with Gasteiger partial charge in [0.2, 0.25) is 0 Å². The molecule has 1 heterocycles. The van der Waals surface area contributed by atoms with Crippen molar-refractivity contribution in [2.75, 3.05) is 6.54 Å². The summed E-state index contributed by atoms with van der Waals surface area (Å²) in [5.41, 5.74) is 3.34. The van der Waals surface area contributed by atoms with E-state index < -0.39 is 0 Å². The van der Waals surface area contributed by atoms with E-state index in [1.807, 2.05) is 25.6 Å². The number of nitrogens with zero attached hydrogens (tertiary/aromatic N) is 2. The lowest BCUT2D eigenvalue weighted by Crippen LogP contribution is -2.17. The lowest BCUT2D eigenvalue weighted by molar-refractivity contribution is 0.645. The first-order valence-corrected chi connectivity index (χ1v) is 5.34. The van der Waals surface area contributed by atoms with Crippen molar-refractivity contribution in [1.29, 1.82) is 0 Å². The van der Waals surface area contributed by atoms with Crippen molar-refractivity contribution in [3.63, 3.8) is 0 Å². The highest BCUT2D eigenvalue weighted by molar-refractivity contribution is 9.10. The summed E-state index contributed by atoms with van der Waals surface area (Å²) in [5.74, 6) is 0. The third-order valence-corrected chi connectivity index (χ3v) is 3.01. The van der Waals surface area contributed by atoms with Crippen LogP contribution in [-0.4, -0.2) is 16.3 Å². The molecule has 0 bridgehead atoms. The van der Waals surface area contributed by atoms with Gasteiger partial charge in [-0.05, 0) is 29.8 Å². The Morgan fingerprint density at radius 1 is 1.64 bits per heavy atom. The van der Waals surface area contributed by atoms with Crippen molar-refractivity contribution in [2.24, 2.45) is 7.05 Å². The number of hydrogen-bond acceptors (Lipinski definition) is 2. The third-order valence-electron chi connectivity index (χ3n) is 1.98. The van der Waals surface area contributed by atoms with Gasteiger partial charge in [-0.25, -0.2) is 0 Å². The molecule has 0 aliphatic rings. The van der Waals surface area contributed by atoms with E-state index >= 15 is 0 Å². The fraction of sp³-hybridized carbons (Fsp3) is 0.500. The summed E-state index contributed by atoms with van der Waals surface area (Å²) in [5, 5.41) is 7.62. The van der Waals surface area contributed by atoms with Crippen LogP contribution in [0.1, 0.15) is 18.3 Å². The molecular weight excluding hydrogens is 242 g/mol. The van der Waals surface area contributed by atoms with Crippen molar-refractivity contribution >= 4 is 15.9 Å². The van der Waals surface area contributed by atoms with Crippen LogP contribution < -0.4 is 5.32 Å². The second-order valence-corrected chi connectivity index (χ2v) is 4.32. The average Bonchev–Trinajstić information content (AvgIpc) is 2.31. The van der Waals surface area contributed by atoms with E-state index in [2.05, 4.69) is 32.9 Å². The highest BCUT2D eigenvalue weighted by atomic mass is 79.9. The number of aryl methyl sites for hydroxylation is 2. The lowest BCUT2D eigenvalue weighted by atomic mass is 10.3. The maximum Gasteiger partial charge on any atom is 0.0739 e. The largest absolute Gasteiger partial charge is 0.307 e. The Labute approximate surface area is 93.3 Å². The standard InChI is InChI=1S/C10H16BrN3/c1-7(2)5-12-6-9-10(11)8(3)13-14(9)4/h12H,1,5-6H2,2-4H3. The fourth-order valence-electron chi connectivity index (χ4n) is 1.27. The number of hydrogen-bond donors (Lipinski definition) is 1. The van der Waals surface area contributed by atoms with Gasteiger partial charge >= 0.3 is 0 Å². The summed E-state index contributed by atoms with van der Waals surface area (Å²) in [4.78, 5) is 0. The summed E-state index contributed by atoms with van der Waals surface area (Å²) in [6, 6.07) is 0. The number of halogens is 1. The topological polar surface area (TPSA) is 29.9 Å².